The second-order valence-corrected chi connectivity index (χ2v) is 6.32. The predicted molar refractivity (Wildman–Crippen MR) is 109 cm³/mol. The number of methoxy groups -OCH3 is 2. The molecule has 7 nitrogen and oxygen atoms in total. The summed E-state index contributed by atoms with van der Waals surface area (Å²) in [4.78, 5) is 20.6. The summed E-state index contributed by atoms with van der Waals surface area (Å²) in [5.41, 5.74) is 2.54. The van der Waals surface area contributed by atoms with E-state index in [1.165, 1.54) is 7.11 Å². The molecule has 8 heteroatoms. The molecule has 0 spiro atoms. The van der Waals surface area contributed by atoms with Crippen molar-refractivity contribution in [1.82, 2.24) is 9.97 Å². The fraction of sp³-hybridized carbons (Fsp3) is 0.150. The van der Waals surface area contributed by atoms with Gasteiger partial charge in [0.2, 0.25) is 5.95 Å². The molecule has 0 saturated carbocycles. The lowest BCUT2D eigenvalue weighted by Crippen LogP contribution is -2.05. The number of nitrogens with zero attached hydrogens (tertiary/aromatic N) is 2. The fourth-order valence-electron chi connectivity index (χ4n) is 2.58. The number of hydrogen-bond donors (Lipinski definition) is 2. The number of rotatable bonds is 6. The van der Waals surface area contributed by atoms with E-state index in [0.717, 1.165) is 5.69 Å². The molecule has 3 rings (SSSR count). The molecule has 0 aliphatic rings. The molecule has 1 aromatic heterocycles. The number of anilines is 4. The highest BCUT2D eigenvalue weighted by molar-refractivity contribution is 6.31. The van der Waals surface area contributed by atoms with Crippen molar-refractivity contribution < 1.29 is 14.3 Å². The normalized spacial score (nSPS) is 10.3. The number of ether oxygens (including phenoxy) is 2. The van der Waals surface area contributed by atoms with Gasteiger partial charge in [0.1, 0.15) is 11.6 Å². The molecular formula is C20H19ClN4O3. The zero-order valence-corrected chi connectivity index (χ0v) is 16.4. The summed E-state index contributed by atoms with van der Waals surface area (Å²) in [6.07, 6.45) is 0. The van der Waals surface area contributed by atoms with Crippen molar-refractivity contribution in [3.8, 4) is 5.75 Å². The van der Waals surface area contributed by atoms with E-state index in [-0.39, 0.29) is 0 Å². The highest BCUT2D eigenvalue weighted by Gasteiger charge is 2.09. The average molecular weight is 399 g/mol. The molecule has 144 valence electrons. The Morgan fingerprint density at radius 2 is 1.86 bits per heavy atom. The van der Waals surface area contributed by atoms with E-state index in [1.807, 2.05) is 13.0 Å². The van der Waals surface area contributed by atoms with Crippen LogP contribution >= 0.6 is 11.6 Å². The molecule has 0 amide bonds. The maximum Gasteiger partial charge on any atom is 0.337 e. The van der Waals surface area contributed by atoms with Crippen LogP contribution in [0.3, 0.4) is 0 Å². The maximum atomic E-state index is 11.7. The number of carbonyl (C=O) groups is 1. The van der Waals surface area contributed by atoms with Gasteiger partial charge >= 0.3 is 5.97 Å². The van der Waals surface area contributed by atoms with Crippen LogP contribution in [0.5, 0.6) is 5.75 Å². The van der Waals surface area contributed by atoms with E-state index in [4.69, 9.17) is 21.1 Å². The number of esters is 1. The number of aromatic nitrogens is 2. The molecule has 0 fully saturated rings. The minimum Gasteiger partial charge on any atom is -0.495 e. The number of carbonyl (C=O) groups excluding carboxylic acids is 1. The Hall–Kier alpha value is -3.32. The van der Waals surface area contributed by atoms with E-state index < -0.39 is 5.97 Å². The van der Waals surface area contributed by atoms with Crippen LogP contribution in [-0.4, -0.2) is 30.2 Å². The average Bonchev–Trinajstić information content (AvgIpc) is 2.67. The summed E-state index contributed by atoms with van der Waals surface area (Å²) >= 11 is 6.08. The molecule has 1 heterocycles. The van der Waals surface area contributed by atoms with Crippen LogP contribution in [0.25, 0.3) is 0 Å². The van der Waals surface area contributed by atoms with Crippen molar-refractivity contribution in [3.63, 3.8) is 0 Å². The topological polar surface area (TPSA) is 85.4 Å². The van der Waals surface area contributed by atoms with Crippen LogP contribution in [0.1, 0.15) is 16.1 Å². The third kappa shape index (κ3) is 4.69. The monoisotopic (exact) mass is 398 g/mol. The lowest BCUT2D eigenvalue weighted by Gasteiger charge is -2.13. The largest absolute Gasteiger partial charge is 0.495 e. The van der Waals surface area contributed by atoms with Gasteiger partial charge in [-0.1, -0.05) is 17.7 Å². The summed E-state index contributed by atoms with van der Waals surface area (Å²) in [6.45, 7) is 1.86. The Bertz CT molecular complexity index is 1010. The van der Waals surface area contributed by atoms with E-state index in [0.29, 0.717) is 39.5 Å². The quantitative estimate of drug-likeness (QED) is 0.581. The van der Waals surface area contributed by atoms with Gasteiger partial charge in [-0.15, -0.1) is 0 Å². The number of hydrogen-bond acceptors (Lipinski definition) is 7. The number of benzene rings is 2. The Balaban J connectivity index is 1.86. The van der Waals surface area contributed by atoms with Crippen molar-refractivity contribution in [3.05, 3.63) is 64.8 Å². The lowest BCUT2D eigenvalue weighted by atomic mass is 10.2. The van der Waals surface area contributed by atoms with Gasteiger partial charge in [-0.2, -0.15) is 4.98 Å². The molecule has 0 bridgehead atoms. The van der Waals surface area contributed by atoms with Gasteiger partial charge in [0.25, 0.3) is 0 Å². The third-order valence-electron chi connectivity index (χ3n) is 3.82. The van der Waals surface area contributed by atoms with E-state index in [2.05, 4.69) is 20.6 Å². The van der Waals surface area contributed by atoms with Crippen LogP contribution in [0.4, 0.5) is 23.1 Å². The first kappa shape index (κ1) is 19.4. The number of nitrogens with one attached hydrogen (secondary N) is 2. The van der Waals surface area contributed by atoms with Gasteiger partial charge in [-0.3, -0.25) is 0 Å². The zero-order valence-electron chi connectivity index (χ0n) is 15.6. The molecule has 2 N–H and O–H groups in total. The minimum absolute atomic E-state index is 0.380. The summed E-state index contributed by atoms with van der Waals surface area (Å²) < 4.78 is 10.1. The third-order valence-corrected chi connectivity index (χ3v) is 4.05. The second kappa shape index (κ2) is 8.58. The van der Waals surface area contributed by atoms with Gasteiger partial charge in [0.15, 0.2) is 0 Å². The standard InChI is InChI=1S/C20H19ClN4O3/c1-12-9-18(24-16-11-14(21)7-8-17(16)27-2)25-20(22-12)23-15-6-4-5-13(10-15)19(26)28-3/h4-11H,1-3H3,(H2,22,23,24,25). The lowest BCUT2D eigenvalue weighted by molar-refractivity contribution is 0.0601. The van der Waals surface area contributed by atoms with Gasteiger partial charge < -0.3 is 20.1 Å². The summed E-state index contributed by atoms with van der Waals surface area (Å²) in [5, 5.41) is 6.87. The van der Waals surface area contributed by atoms with E-state index in [1.54, 1.807) is 49.6 Å². The van der Waals surface area contributed by atoms with Crippen molar-refractivity contribution >= 4 is 40.7 Å². The van der Waals surface area contributed by atoms with Gasteiger partial charge in [-0.25, -0.2) is 9.78 Å². The fourth-order valence-corrected chi connectivity index (χ4v) is 2.75. The molecular weight excluding hydrogens is 380 g/mol. The SMILES string of the molecule is COC(=O)c1cccc(Nc2nc(C)cc(Nc3cc(Cl)ccc3OC)n2)c1. The van der Waals surface area contributed by atoms with E-state index in [9.17, 15) is 4.79 Å². The predicted octanol–water partition coefficient (Wildman–Crippen LogP) is 4.72. The van der Waals surface area contributed by atoms with Gasteiger partial charge in [-0.05, 0) is 43.3 Å². The van der Waals surface area contributed by atoms with Gasteiger partial charge in [0.05, 0.1) is 25.5 Å². The Kier molecular flexibility index (Phi) is 5.96. The van der Waals surface area contributed by atoms with E-state index >= 15 is 0 Å². The second-order valence-electron chi connectivity index (χ2n) is 5.89. The first-order valence-electron chi connectivity index (χ1n) is 8.40. The molecule has 2 aromatic carbocycles. The van der Waals surface area contributed by atoms with Crippen molar-refractivity contribution in [1.29, 1.82) is 0 Å². The Morgan fingerprint density at radius 1 is 1.04 bits per heavy atom. The van der Waals surface area contributed by atoms with Crippen molar-refractivity contribution in [2.45, 2.75) is 6.92 Å². The first-order valence-corrected chi connectivity index (χ1v) is 8.78. The molecule has 3 aromatic rings. The van der Waals surface area contributed by atoms with Crippen LogP contribution < -0.4 is 15.4 Å². The molecule has 0 unspecified atom stereocenters. The smallest absolute Gasteiger partial charge is 0.337 e. The van der Waals surface area contributed by atoms with Crippen LogP contribution in [0, 0.1) is 6.92 Å². The Labute approximate surface area is 167 Å². The maximum absolute atomic E-state index is 11.7. The summed E-state index contributed by atoms with van der Waals surface area (Å²) in [6, 6.07) is 14.0. The molecule has 0 radical (unpaired) electrons. The minimum atomic E-state index is -0.413. The Morgan fingerprint density at radius 3 is 2.61 bits per heavy atom. The summed E-state index contributed by atoms with van der Waals surface area (Å²) in [5.74, 6) is 1.18. The molecule has 0 aliphatic heterocycles. The zero-order chi connectivity index (χ0) is 20.1. The van der Waals surface area contributed by atoms with Crippen LogP contribution in [0.15, 0.2) is 48.5 Å². The number of aryl methyl sites for hydroxylation is 1. The summed E-state index contributed by atoms with van der Waals surface area (Å²) in [7, 11) is 2.93. The van der Waals surface area contributed by atoms with Crippen LogP contribution in [0.2, 0.25) is 5.02 Å². The number of halogens is 1. The molecule has 28 heavy (non-hydrogen) atoms. The molecule has 0 saturated heterocycles. The van der Waals surface area contributed by atoms with Crippen LogP contribution in [-0.2, 0) is 4.74 Å². The highest BCUT2D eigenvalue weighted by atomic mass is 35.5. The van der Waals surface area contributed by atoms with Crippen molar-refractivity contribution in [2.75, 3.05) is 24.9 Å². The first-order chi connectivity index (χ1) is 13.5. The molecule has 0 atom stereocenters. The highest BCUT2D eigenvalue weighted by Crippen LogP contribution is 2.30. The van der Waals surface area contributed by atoms with Gasteiger partial charge in [0, 0.05) is 22.5 Å². The molecule has 0 aliphatic carbocycles. The van der Waals surface area contributed by atoms with Crippen molar-refractivity contribution in [2.24, 2.45) is 0 Å².